The van der Waals surface area contributed by atoms with E-state index in [-0.39, 0.29) is 5.41 Å². The summed E-state index contributed by atoms with van der Waals surface area (Å²) in [6.45, 7) is 4.75. The average Bonchev–Trinajstić information content (AvgIpc) is 3.16. The van der Waals surface area contributed by atoms with Crippen LogP contribution in [0.2, 0.25) is 0 Å². The minimum Gasteiger partial charge on any atom is -0.310 e. The van der Waals surface area contributed by atoms with Gasteiger partial charge in [-0.2, -0.15) is 0 Å². The van der Waals surface area contributed by atoms with Crippen LogP contribution in [0.15, 0.2) is 127 Å². The number of anilines is 3. The first kappa shape index (κ1) is 21.0. The number of nitrogens with zero attached hydrogens (tertiary/aromatic N) is 1. The molecule has 0 radical (unpaired) electrons. The summed E-state index contributed by atoms with van der Waals surface area (Å²) < 4.78 is 0. The number of benzene rings is 6. The second-order valence-corrected chi connectivity index (χ2v) is 10.2. The highest BCUT2D eigenvalue weighted by Crippen LogP contribution is 2.53. The van der Waals surface area contributed by atoms with Gasteiger partial charge in [0, 0.05) is 22.2 Å². The summed E-state index contributed by atoms with van der Waals surface area (Å²) in [6, 6.07) is 46.3. The Morgan fingerprint density at radius 1 is 0.500 bits per heavy atom. The van der Waals surface area contributed by atoms with Crippen molar-refractivity contribution in [2.45, 2.75) is 19.3 Å². The maximum Gasteiger partial charge on any atom is 0.0540 e. The van der Waals surface area contributed by atoms with Gasteiger partial charge >= 0.3 is 0 Å². The first-order valence-corrected chi connectivity index (χ1v) is 12.6. The summed E-state index contributed by atoms with van der Waals surface area (Å²) in [5.41, 5.74) is 8.96. The van der Waals surface area contributed by atoms with Crippen LogP contribution in [0, 0.1) is 0 Å². The topological polar surface area (TPSA) is 3.24 Å². The van der Waals surface area contributed by atoms with Crippen molar-refractivity contribution in [3.05, 3.63) is 139 Å². The molecule has 0 aliphatic heterocycles. The van der Waals surface area contributed by atoms with Crippen LogP contribution in [-0.4, -0.2) is 0 Å². The Balaban J connectivity index is 1.47. The molecule has 1 nitrogen and oxygen atoms in total. The second-order valence-electron chi connectivity index (χ2n) is 10.2. The molecule has 36 heavy (non-hydrogen) atoms. The summed E-state index contributed by atoms with van der Waals surface area (Å²) in [5, 5.41) is 5.15. The third-order valence-electron chi connectivity index (χ3n) is 7.80. The third kappa shape index (κ3) is 3.03. The predicted molar refractivity (Wildman–Crippen MR) is 154 cm³/mol. The Morgan fingerprint density at radius 3 is 1.94 bits per heavy atom. The van der Waals surface area contributed by atoms with Crippen LogP contribution in [0.4, 0.5) is 17.1 Å². The fourth-order valence-electron chi connectivity index (χ4n) is 6.13. The zero-order chi connectivity index (χ0) is 24.3. The molecule has 0 atom stereocenters. The van der Waals surface area contributed by atoms with E-state index >= 15 is 0 Å². The highest BCUT2D eigenvalue weighted by Gasteiger charge is 2.37. The Kier molecular flexibility index (Phi) is 4.56. The summed E-state index contributed by atoms with van der Waals surface area (Å²) >= 11 is 0. The molecule has 0 amide bonds. The van der Waals surface area contributed by atoms with Crippen molar-refractivity contribution in [3.8, 4) is 11.1 Å². The molecule has 0 saturated carbocycles. The van der Waals surface area contributed by atoms with Crippen LogP contribution < -0.4 is 4.90 Å². The molecule has 0 saturated heterocycles. The maximum atomic E-state index is 2.42. The standard InChI is InChI=1S/C35H27N/c1-35(2)32-23-27(20-22-30(32)31-21-19-25-12-7-9-17-29(25)34(31)35)36(26-14-4-3-5-15-26)33-18-10-13-24-11-6-8-16-28(24)33/h3-23H,1-2H3. The van der Waals surface area contributed by atoms with E-state index in [0.29, 0.717) is 0 Å². The second kappa shape index (κ2) is 7.83. The van der Waals surface area contributed by atoms with Gasteiger partial charge in [-0.3, -0.25) is 0 Å². The SMILES string of the molecule is CC1(C)c2cc(N(c3ccccc3)c3cccc4ccccc34)ccc2-c2ccc3ccccc3c21. The van der Waals surface area contributed by atoms with E-state index in [1.165, 1.54) is 55.2 Å². The van der Waals surface area contributed by atoms with Crippen molar-refractivity contribution in [3.63, 3.8) is 0 Å². The van der Waals surface area contributed by atoms with Gasteiger partial charge in [0.2, 0.25) is 0 Å². The van der Waals surface area contributed by atoms with E-state index in [1.807, 2.05) is 0 Å². The Morgan fingerprint density at radius 2 is 1.14 bits per heavy atom. The van der Waals surface area contributed by atoms with E-state index in [1.54, 1.807) is 0 Å². The number of hydrogen-bond acceptors (Lipinski definition) is 1. The van der Waals surface area contributed by atoms with Crippen molar-refractivity contribution >= 4 is 38.6 Å². The molecule has 0 unspecified atom stereocenters. The van der Waals surface area contributed by atoms with Crippen molar-refractivity contribution < 1.29 is 0 Å². The van der Waals surface area contributed by atoms with E-state index in [4.69, 9.17) is 0 Å². The first-order chi connectivity index (χ1) is 17.6. The molecule has 1 aliphatic carbocycles. The maximum absolute atomic E-state index is 2.42. The van der Waals surface area contributed by atoms with Gasteiger partial charge in [-0.1, -0.05) is 111 Å². The molecule has 0 spiro atoms. The molecule has 6 aromatic rings. The number of hydrogen-bond donors (Lipinski definition) is 0. The molecule has 0 aromatic heterocycles. The van der Waals surface area contributed by atoms with E-state index < -0.39 is 0 Å². The third-order valence-corrected chi connectivity index (χ3v) is 7.80. The largest absolute Gasteiger partial charge is 0.310 e. The molecule has 0 N–H and O–H groups in total. The highest BCUT2D eigenvalue weighted by atomic mass is 15.1. The zero-order valence-corrected chi connectivity index (χ0v) is 20.6. The molecule has 0 heterocycles. The van der Waals surface area contributed by atoms with Crippen LogP contribution in [-0.2, 0) is 5.41 Å². The van der Waals surface area contributed by atoms with Gasteiger partial charge in [0.05, 0.1) is 5.69 Å². The Labute approximate surface area is 212 Å². The minimum absolute atomic E-state index is 0.0946. The minimum atomic E-state index is -0.0946. The molecular formula is C35H27N. The van der Waals surface area contributed by atoms with Crippen molar-refractivity contribution in [2.24, 2.45) is 0 Å². The van der Waals surface area contributed by atoms with E-state index in [9.17, 15) is 0 Å². The molecule has 7 rings (SSSR count). The Hall–Kier alpha value is -4.36. The van der Waals surface area contributed by atoms with Crippen LogP contribution >= 0.6 is 0 Å². The van der Waals surface area contributed by atoms with Gasteiger partial charge in [0.15, 0.2) is 0 Å². The normalized spacial score (nSPS) is 13.5. The summed E-state index contributed by atoms with van der Waals surface area (Å²) in [4.78, 5) is 2.40. The summed E-state index contributed by atoms with van der Waals surface area (Å²) in [6.07, 6.45) is 0. The van der Waals surface area contributed by atoms with Crippen molar-refractivity contribution in [2.75, 3.05) is 4.90 Å². The Bertz CT molecular complexity index is 1760. The van der Waals surface area contributed by atoms with E-state index in [2.05, 4.69) is 146 Å². The first-order valence-electron chi connectivity index (χ1n) is 12.6. The van der Waals surface area contributed by atoms with Crippen molar-refractivity contribution in [1.29, 1.82) is 0 Å². The number of fused-ring (bicyclic) bond motifs is 6. The van der Waals surface area contributed by atoms with E-state index in [0.717, 1.165) is 5.69 Å². The number of para-hydroxylation sites is 1. The van der Waals surface area contributed by atoms with Gasteiger partial charge in [-0.05, 0) is 68.7 Å². The molecule has 1 aliphatic rings. The predicted octanol–water partition coefficient (Wildman–Crippen LogP) is 9.77. The molecule has 0 fully saturated rings. The molecule has 172 valence electrons. The fourth-order valence-corrected chi connectivity index (χ4v) is 6.13. The lowest BCUT2D eigenvalue weighted by Crippen LogP contribution is -2.17. The molecular weight excluding hydrogens is 434 g/mol. The van der Waals surface area contributed by atoms with Crippen LogP contribution in [0.25, 0.3) is 32.7 Å². The summed E-state index contributed by atoms with van der Waals surface area (Å²) in [7, 11) is 0. The van der Waals surface area contributed by atoms with Crippen molar-refractivity contribution in [1.82, 2.24) is 0 Å². The lowest BCUT2D eigenvalue weighted by Gasteiger charge is -2.29. The average molecular weight is 462 g/mol. The van der Waals surface area contributed by atoms with Gasteiger partial charge in [0.1, 0.15) is 0 Å². The monoisotopic (exact) mass is 461 g/mol. The number of rotatable bonds is 3. The van der Waals surface area contributed by atoms with Gasteiger partial charge in [0.25, 0.3) is 0 Å². The lowest BCUT2D eigenvalue weighted by atomic mass is 9.80. The molecule has 0 bridgehead atoms. The quantitative estimate of drug-likeness (QED) is 0.253. The molecule has 1 heteroatoms. The van der Waals surface area contributed by atoms with Gasteiger partial charge in [-0.25, -0.2) is 0 Å². The smallest absolute Gasteiger partial charge is 0.0540 e. The van der Waals surface area contributed by atoms with Crippen LogP contribution in [0.1, 0.15) is 25.0 Å². The zero-order valence-electron chi connectivity index (χ0n) is 20.6. The lowest BCUT2D eigenvalue weighted by molar-refractivity contribution is 0.666. The summed E-state index contributed by atoms with van der Waals surface area (Å²) in [5.74, 6) is 0. The van der Waals surface area contributed by atoms with Gasteiger partial charge in [-0.15, -0.1) is 0 Å². The fraction of sp³-hybridized carbons (Fsp3) is 0.0857. The highest BCUT2D eigenvalue weighted by molar-refractivity contribution is 6.01. The van der Waals surface area contributed by atoms with Crippen LogP contribution in [0.5, 0.6) is 0 Å². The van der Waals surface area contributed by atoms with Gasteiger partial charge < -0.3 is 4.90 Å². The molecule has 6 aromatic carbocycles. The van der Waals surface area contributed by atoms with Crippen LogP contribution in [0.3, 0.4) is 0 Å².